The largest absolute Gasteiger partial charge is 0.462 e. The summed E-state index contributed by atoms with van der Waals surface area (Å²) < 4.78 is 16.8. The number of carbonyl (C=O) groups excluding carboxylic acids is 3. The summed E-state index contributed by atoms with van der Waals surface area (Å²) in [5, 5.41) is 0. The molecule has 0 spiro atoms. The predicted octanol–water partition coefficient (Wildman–Crippen LogP) is 21.3. The smallest absolute Gasteiger partial charge is 0.306 e. The molecule has 0 aromatic carbocycles. The van der Waals surface area contributed by atoms with Gasteiger partial charge >= 0.3 is 17.9 Å². The molecule has 0 aromatic heterocycles. The van der Waals surface area contributed by atoms with E-state index in [4.69, 9.17) is 14.2 Å². The Hall–Kier alpha value is -4.97. The van der Waals surface area contributed by atoms with E-state index in [0.29, 0.717) is 19.3 Å². The first-order valence-electron chi connectivity index (χ1n) is 31.0. The van der Waals surface area contributed by atoms with Crippen LogP contribution in [-0.4, -0.2) is 37.2 Å². The van der Waals surface area contributed by atoms with E-state index < -0.39 is 6.10 Å². The third kappa shape index (κ3) is 61.8. The van der Waals surface area contributed by atoms with Gasteiger partial charge in [-0.2, -0.15) is 0 Å². The van der Waals surface area contributed by atoms with E-state index in [2.05, 4.69) is 179 Å². The number of ether oxygens (including phenoxy) is 3. The topological polar surface area (TPSA) is 78.9 Å². The van der Waals surface area contributed by atoms with Crippen molar-refractivity contribution in [2.24, 2.45) is 0 Å². The number of hydrogen-bond donors (Lipinski definition) is 0. The molecule has 0 heterocycles. The number of allylic oxidation sites excluding steroid dienone is 26. The second kappa shape index (κ2) is 63.6. The van der Waals surface area contributed by atoms with E-state index in [0.717, 1.165) is 180 Å². The molecular weight excluding hydrogens is 949 g/mol. The molecule has 1 unspecified atom stereocenters. The molecule has 0 bridgehead atoms. The van der Waals surface area contributed by atoms with Gasteiger partial charge in [0.15, 0.2) is 6.10 Å². The summed E-state index contributed by atoms with van der Waals surface area (Å²) in [6.45, 7) is 6.37. The Balaban J connectivity index is 4.28. The van der Waals surface area contributed by atoms with E-state index in [1.807, 2.05) is 0 Å². The van der Waals surface area contributed by atoms with E-state index in [-0.39, 0.29) is 31.1 Å². The number of unbranched alkanes of at least 4 members (excludes halogenated alkanes) is 17. The van der Waals surface area contributed by atoms with Crippen LogP contribution in [0.1, 0.15) is 252 Å². The van der Waals surface area contributed by atoms with Gasteiger partial charge in [0, 0.05) is 19.3 Å². The van der Waals surface area contributed by atoms with Crippen LogP contribution in [0.3, 0.4) is 0 Å². The fourth-order valence-corrected chi connectivity index (χ4v) is 7.84. The fraction of sp³-hybridized carbons (Fsp3) is 0.592. The van der Waals surface area contributed by atoms with Crippen molar-refractivity contribution in [2.45, 2.75) is 258 Å². The van der Waals surface area contributed by atoms with Gasteiger partial charge in [-0.25, -0.2) is 0 Å². The Morgan fingerprint density at radius 2 is 0.532 bits per heavy atom. The Labute approximate surface area is 473 Å². The lowest BCUT2D eigenvalue weighted by molar-refractivity contribution is -0.167. The van der Waals surface area contributed by atoms with Gasteiger partial charge in [0.2, 0.25) is 0 Å². The molecule has 0 saturated carbocycles. The predicted molar refractivity (Wildman–Crippen MR) is 334 cm³/mol. The highest BCUT2D eigenvalue weighted by Gasteiger charge is 2.19. The van der Waals surface area contributed by atoms with Crippen LogP contribution in [0.25, 0.3) is 0 Å². The molecule has 0 radical (unpaired) electrons. The molecule has 0 aliphatic rings. The third-order valence-electron chi connectivity index (χ3n) is 12.5. The summed E-state index contributed by atoms with van der Waals surface area (Å²) in [6.07, 6.45) is 92.6. The number of esters is 3. The van der Waals surface area contributed by atoms with Crippen LogP contribution in [0, 0.1) is 0 Å². The van der Waals surface area contributed by atoms with Crippen LogP contribution < -0.4 is 0 Å². The van der Waals surface area contributed by atoms with Gasteiger partial charge < -0.3 is 14.2 Å². The normalized spacial score (nSPS) is 13.2. The third-order valence-corrected chi connectivity index (χ3v) is 12.5. The van der Waals surface area contributed by atoms with Crippen molar-refractivity contribution in [3.05, 3.63) is 158 Å². The maximum Gasteiger partial charge on any atom is 0.306 e. The minimum Gasteiger partial charge on any atom is -0.462 e. The van der Waals surface area contributed by atoms with E-state index in [1.165, 1.54) is 32.1 Å². The van der Waals surface area contributed by atoms with Crippen molar-refractivity contribution in [1.82, 2.24) is 0 Å². The van der Waals surface area contributed by atoms with Crippen molar-refractivity contribution in [2.75, 3.05) is 13.2 Å². The zero-order chi connectivity index (χ0) is 55.7. The Morgan fingerprint density at radius 3 is 0.857 bits per heavy atom. The fourth-order valence-electron chi connectivity index (χ4n) is 7.84. The van der Waals surface area contributed by atoms with Crippen molar-refractivity contribution in [1.29, 1.82) is 0 Å². The molecule has 0 amide bonds. The van der Waals surface area contributed by atoms with Crippen LogP contribution in [0.4, 0.5) is 0 Å². The maximum atomic E-state index is 12.8. The van der Waals surface area contributed by atoms with Gasteiger partial charge in [-0.3, -0.25) is 14.4 Å². The number of carbonyl (C=O) groups is 3. The van der Waals surface area contributed by atoms with Crippen molar-refractivity contribution >= 4 is 17.9 Å². The van der Waals surface area contributed by atoms with E-state index in [9.17, 15) is 14.4 Å². The van der Waals surface area contributed by atoms with Gasteiger partial charge in [-0.15, -0.1) is 0 Å². The zero-order valence-electron chi connectivity index (χ0n) is 49.4. The molecular formula is C71H112O6. The second-order valence-corrected chi connectivity index (χ2v) is 19.9. The molecule has 0 fully saturated rings. The van der Waals surface area contributed by atoms with Gasteiger partial charge in [-0.1, -0.05) is 249 Å². The molecule has 0 aliphatic carbocycles. The average Bonchev–Trinajstić information content (AvgIpc) is 3.43. The van der Waals surface area contributed by atoms with Gasteiger partial charge in [0.1, 0.15) is 13.2 Å². The molecule has 0 saturated heterocycles. The highest BCUT2D eigenvalue weighted by atomic mass is 16.6. The zero-order valence-corrected chi connectivity index (χ0v) is 49.4. The second-order valence-electron chi connectivity index (χ2n) is 19.9. The molecule has 0 aromatic rings. The first kappa shape index (κ1) is 72.0. The standard InChI is InChI=1S/C71H112O6/c1-4-7-10-13-16-19-22-24-26-27-28-29-30-31-32-33-34-35-36-37-38-39-40-41-42-43-44-45-46-48-49-52-55-58-61-64-70(73)76-67-68(66-75-69(72)63-60-57-54-51-21-18-15-12-9-6-3)77-71(74)65-62-59-56-53-50-47-25-23-20-17-14-11-8-5-2/h7,10,12,14-17,19,23-26,28-29,31-32,34-35,37-38,40-41,43-44,46,48,68H,4-6,8-9,11,13,18,20-22,27,30,33,36,39,42,45,47,49-67H2,1-3H3/b10-7-,15-12-,17-14-,19-16-,25-23-,26-24-,29-28-,32-31-,35-34-,38-37-,41-40-,44-43-,48-46-. The summed E-state index contributed by atoms with van der Waals surface area (Å²) in [4.78, 5) is 38.1. The van der Waals surface area contributed by atoms with Crippen molar-refractivity contribution < 1.29 is 28.6 Å². The summed E-state index contributed by atoms with van der Waals surface area (Å²) in [7, 11) is 0. The van der Waals surface area contributed by atoms with Crippen LogP contribution in [0.5, 0.6) is 0 Å². The minimum absolute atomic E-state index is 0.102. The van der Waals surface area contributed by atoms with Gasteiger partial charge in [-0.05, 0) is 141 Å². The average molecular weight is 1060 g/mol. The number of rotatable bonds is 54. The molecule has 6 nitrogen and oxygen atoms in total. The molecule has 0 rings (SSSR count). The van der Waals surface area contributed by atoms with E-state index >= 15 is 0 Å². The molecule has 77 heavy (non-hydrogen) atoms. The Morgan fingerprint density at radius 1 is 0.273 bits per heavy atom. The molecule has 0 aliphatic heterocycles. The number of hydrogen-bond acceptors (Lipinski definition) is 6. The van der Waals surface area contributed by atoms with Crippen molar-refractivity contribution in [3.63, 3.8) is 0 Å². The lowest BCUT2D eigenvalue weighted by Gasteiger charge is -2.18. The highest BCUT2D eigenvalue weighted by molar-refractivity contribution is 5.71. The SMILES string of the molecule is CC/C=C\C/C=C\C/C=C\C/C=C\C/C=C\C/C=C\C/C=C\C/C=C\C/C=C\C/C=C\CCCCCCC(=O)OCC(COC(=O)CCCCCCC/C=C\CCC)OC(=O)CCCCCCC/C=C\C/C=C\CCCC. The van der Waals surface area contributed by atoms with Crippen LogP contribution in [-0.2, 0) is 28.6 Å². The van der Waals surface area contributed by atoms with Gasteiger partial charge in [0.05, 0.1) is 0 Å². The van der Waals surface area contributed by atoms with Gasteiger partial charge in [0.25, 0.3) is 0 Å². The summed E-state index contributed by atoms with van der Waals surface area (Å²) >= 11 is 0. The molecule has 432 valence electrons. The lowest BCUT2D eigenvalue weighted by Crippen LogP contribution is -2.30. The summed E-state index contributed by atoms with van der Waals surface area (Å²) in [5.74, 6) is -0.959. The highest BCUT2D eigenvalue weighted by Crippen LogP contribution is 2.13. The van der Waals surface area contributed by atoms with Crippen LogP contribution >= 0.6 is 0 Å². The van der Waals surface area contributed by atoms with Crippen LogP contribution in [0.15, 0.2) is 158 Å². The van der Waals surface area contributed by atoms with Crippen LogP contribution in [0.2, 0.25) is 0 Å². The maximum absolute atomic E-state index is 12.8. The molecule has 1 atom stereocenters. The quantitative estimate of drug-likeness (QED) is 0.0261. The van der Waals surface area contributed by atoms with E-state index in [1.54, 1.807) is 0 Å². The van der Waals surface area contributed by atoms with Crippen molar-refractivity contribution in [3.8, 4) is 0 Å². The molecule has 0 N–H and O–H groups in total. The Kier molecular flexibility index (Phi) is 59.5. The molecule has 6 heteroatoms. The summed E-state index contributed by atoms with van der Waals surface area (Å²) in [5.41, 5.74) is 0. The minimum atomic E-state index is -0.805. The first-order chi connectivity index (χ1) is 38.0. The lowest BCUT2D eigenvalue weighted by atomic mass is 10.1. The first-order valence-corrected chi connectivity index (χ1v) is 31.0. The monoisotopic (exact) mass is 1060 g/mol. The Bertz CT molecular complexity index is 1740. The summed E-state index contributed by atoms with van der Waals surface area (Å²) in [6, 6.07) is 0.